The summed E-state index contributed by atoms with van der Waals surface area (Å²) in [5.74, 6) is 2.43. The number of hydrogen-bond donors (Lipinski definition) is 0. The van der Waals surface area contributed by atoms with Crippen molar-refractivity contribution in [2.75, 3.05) is 13.1 Å². The summed E-state index contributed by atoms with van der Waals surface area (Å²) in [5, 5.41) is 9.75. The molecule has 0 aromatic carbocycles. The molecule has 1 saturated heterocycles. The summed E-state index contributed by atoms with van der Waals surface area (Å²) >= 11 is 0. The highest BCUT2D eigenvalue weighted by Crippen LogP contribution is 2.53. The van der Waals surface area contributed by atoms with Gasteiger partial charge in [-0.2, -0.15) is 5.26 Å². The minimum Gasteiger partial charge on any atom is -0.342 e. The molecule has 0 N–H and O–H groups in total. The van der Waals surface area contributed by atoms with Crippen LogP contribution in [-0.4, -0.2) is 41.9 Å². The molecule has 1 fully saturated rings. The molecular formula is C24H45N2O3P. The molecule has 6 heteroatoms. The Bertz CT molecular complexity index is 685. The van der Waals surface area contributed by atoms with Crippen molar-refractivity contribution in [2.24, 2.45) is 16.2 Å². The zero-order valence-corrected chi connectivity index (χ0v) is 22.0. The summed E-state index contributed by atoms with van der Waals surface area (Å²) in [5.41, 5.74) is -0.698. The molecule has 0 bridgehead atoms. The van der Waals surface area contributed by atoms with Gasteiger partial charge < -0.3 is 13.9 Å². The Morgan fingerprint density at radius 3 is 1.87 bits per heavy atom. The van der Waals surface area contributed by atoms with E-state index in [4.69, 9.17) is 9.05 Å². The summed E-state index contributed by atoms with van der Waals surface area (Å²) in [7, 11) is -2.88. The molecule has 0 saturated carbocycles. The monoisotopic (exact) mass is 440 g/mol. The van der Waals surface area contributed by atoms with E-state index < -0.39 is 12.9 Å². The van der Waals surface area contributed by atoms with Crippen molar-refractivity contribution >= 4 is 19.5 Å². The van der Waals surface area contributed by atoms with Crippen LogP contribution in [0.1, 0.15) is 94.9 Å². The van der Waals surface area contributed by atoms with E-state index in [1.165, 1.54) is 0 Å². The average molecular weight is 441 g/mol. The first-order chi connectivity index (χ1) is 13.3. The molecule has 1 aliphatic heterocycles. The average Bonchev–Trinajstić information content (AvgIpc) is 2.49. The van der Waals surface area contributed by atoms with Gasteiger partial charge in [-0.05, 0) is 56.7 Å². The molecule has 0 aromatic rings. The lowest BCUT2D eigenvalue weighted by Crippen LogP contribution is -2.47. The van der Waals surface area contributed by atoms with Crippen LogP contribution in [0.2, 0.25) is 0 Å². The van der Waals surface area contributed by atoms with Gasteiger partial charge in [0.05, 0.1) is 11.7 Å². The number of amides is 1. The van der Waals surface area contributed by atoms with Gasteiger partial charge in [-0.1, -0.05) is 55.4 Å². The Balaban J connectivity index is 2.71. The molecule has 0 radical (unpaired) electrons. The summed E-state index contributed by atoms with van der Waals surface area (Å²) in [4.78, 5) is 15.0. The molecule has 30 heavy (non-hydrogen) atoms. The highest BCUT2D eigenvalue weighted by Gasteiger charge is 2.38. The quantitative estimate of drug-likeness (QED) is 0.427. The topological polar surface area (TPSA) is 62.6 Å². The minimum atomic E-state index is -2.88. The van der Waals surface area contributed by atoms with Gasteiger partial charge in [0.1, 0.15) is 5.81 Å². The third kappa shape index (κ3) is 9.13. The van der Waals surface area contributed by atoms with Crippen molar-refractivity contribution < 1.29 is 13.8 Å². The van der Waals surface area contributed by atoms with Gasteiger partial charge in [0.15, 0.2) is 0 Å². The van der Waals surface area contributed by atoms with Crippen LogP contribution in [0.4, 0.5) is 0 Å². The van der Waals surface area contributed by atoms with Crippen LogP contribution in [0.15, 0.2) is 0 Å². The summed E-state index contributed by atoms with van der Waals surface area (Å²) < 4.78 is 12.3. The molecule has 0 aromatic heterocycles. The zero-order valence-electron chi connectivity index (χ0n) is 21.1. The lowest BCUT2D eigenvalue weighted by atomic mass is 9.75. The zero-order chi connectivity index (χ0) is 23.6. The van der Waals surface area contributed by atoms with Crippen LogP contribution < -0.4 is 0 Å². The van der Waals surface area contributed by atoms with Gasteiger partial charge in [-0.25, -0.2) is 0 Å². The normalized spacial score (nSPS) is 19.3. The van der Waals surface area contributed by atoms with Gasteiger partial charge >= 0.3 is 0 Å². The molecular weight excluding hydrogens is 395 g/mol. The van der Waals surface area contributed by atoms with Crippen LogP contribution in [0, 0.1) is 27.3 Å². The Morgan fingerprint density at radius 1 is 1.00 bits per heavy atom. The Kier molecular flexibility index (Phi) is 8.48. The maximum absolute atomic E-state index is 13.1. The molecule has 1 atom stereocenters. The SMILES string of the molecule is C=P(C#N)(OC1CCN(C(=O)C(C)(C)CC(C)(C)C)CC1)OC(C)(C)CC(C)(C)C. The standard InChI is InChI=1S/C24H45N2O3P/c1-21(2,3)16-23(7,8)20(27)26-14-12-19(13-15-26)28-30(11,18-25)29-24(9,10)17-22(4,5)6/h19H,11-17H2,1-10H3. The second-order valence-electron chi connectivity index (χ2n) is 12.6. The number of rotatable bonds is 7. The fourth-order valence-corrected chi connectivity index (χ4v) is 6.70. The first kappa shape index (κ1) is 27.2. The molecule has 1 rings (SSSR count). The maximum atomic E-state index is 13.1. The van der Waals surface area contributed by atoms with Crippen LogP contribution in [-0.2, 0) is 13.8 Å². The van der Waals surface area contributed by atoms with Crippen molar-refractivity contribution in [2.45, 2.75) is 107 Å². The van der Waals surface area contributed by atoms with E-state index in [2.05, 4.69) is 53.7 Å². The molecule has 1 heterocycles. The fourth-order valence-electron chi connectivity index (χ4n) is 5.01. The molecule has 5 nitrogen and oxygen atoms in total. The van der Waals surface area contributed by atoms with Crippen molar-refractivity contribution in [3.05, 3.63) is 0 Å². The largest absolute Gasteiger partial charge is 0.342 e. The summed E-state index contributed by atoms with van der Waals surface area (Å²) in [6.07, 6.45) is 7.02. The Morgan fingerprint density at radius 2 is 1.47 bits per heavy atom. The second kappa shape index (κ2) is 9.35. The third-order valence-corrected chi connectivity index (χ3v) is 6.84. The van der Waals surface area contributed by atoms with Crippen molar-refractivity contribution in [1.29, 1.82) is 5.26 Å². The van der Waals surface area contributed by atoms with Gasteiger partial charge in [0.2, 0.25) is 13.2 Å². The molecule has 1 aliphatic rings. The van der Waals surface area contributed by atoms with Crippen LogP contribution in [0.5, 0.6) is 0 Å². The molecule has 0 aliphatic carbocycles. The van der Waals surface area contributed by atoms with Gasteiger partial charge in [0.25, 0.3) is 0 Å². The summed E-state index contributed by atoms with van der Waals surface area (Å²) in [6.45, 7) is 22.3. The number of carbonyl (C=O) groups is 1. The van der Waals surface area contributed by atoms with Crippen LogP contribution in [0.25, 0.3) is 0 Å². The van der Waals surface area contributed by atoms with Crippen molar-refractivity contribution in [3.8, 4) is 5.81 Å². The molecule has 1 unspecified atom stereocenters. The Labute approximate surface area is 185 Å². The van der Waals surface area contributed by atoms with E-state index in [-0.39, 0.29) is 28.3 Å². The number of carbonyl (C=O) groups excluding carboxylic acids is 1. The van der Waals surface area contributed by atoms with Crippen LogP contribution in [0.3, 0.4) is 0 Å². The summed E-state index contributed by atoms with van der Waals surface area (Å²) in [6, 6.07) is 0. The van der Waals surface area contributed by atoms with E-state index in [1.54, 1.807) is 0 Å². The van der Waals surface area contributed by atoms with E-state index in [1.807, 2.05) is 32.6 Å². The third-order valence-electron chi connectivity index (χ3n) is 5.10. The predicted octanol–water partition coefficient (Wildman–Crippen LogP) is 6.45. The van der Waals surface area contributed by atoms with E-state index in [0.29, 0.717) is 25.9 Å². The number of hydrogen-bond acceptors (Lipinski definition) is 4. The lowest BCUT2D eigenvalue weighted by Gasteiger charge is -2.40. The second-order valence-corrected chi connectivity index (χ2v) is 14.5. The van der Waals surface area contributed by atoms with Crippen molar-refractivity contribution in [1.82, 2.24) is 4.90 Å². The smallest absolute Gasteiger partial charge is 0.228 e. The highest BCUT2D eigenvalue weighted by atomic mass is 31.2. The minimum absolute atomic E-state index is 0.0787. The highest BCUT2D eigenvalue weighted by molar-refractivity contribution is 7.69. The van der Waals surface area contributed by atoms with E-state index in [9.17, 15) is 10.1 Å². The number of nitrogens with zero attached hydrogens (tertiary/aromatic N) is 2. The van der Waals surface area contributed by atoms with Gasteiger partial charge in [-0.15, -0.1) is 0 Å². The first-order valence-corrected chi connectivity index (χ1v) is 12.9. The molecule has 174 valence electrons. The molecule has 1 amide bonds. The van der Waals surface area contributed by atoms with Crippen molar-refractivity contribution in [3.63, 3.8) is 0 Å². The fraction of sp³-hybridized carbons (Fsp3) is 0.875. The van der Waals surface area contributed by atoms with E-state index in [0.717, 1.165) is 12.8 Å². The first-order valence-electron chi connectivity index (χ1n) is 11.1. The Hall–Kier alpha value is -0.820. The predicted molar refractivity (Wildman–Crippen MR) is 127 cm³/mol. The number of nitriles is 1. The van der Waals surface area contributed by atoms with Gasteiger partial charge in [0, 0.05) is 18.5 Å². The number of piperidine rings is 1. The molecule has 0 spiro atoms. The van der Waals surface area contributed by atoms with Crippen LogP contribution >= 0.6 is 7.34 Å². The number of likely N-dealkylation sites (tertiary alicyclic amines) is 1. The van der Waals surface area contributed by atoms with E-state index >= 15 is 0 Å². The van der Waals surface area contributed by atoms with Gasteiger partial charge in [-0.3, -0.25) is 4.79 Å². The lowest BCUT2D eigenvalue weighted by molar-refractivity contribution is -0.143. The maximum Gasteiger partial charge on any atom is 0.228 e.